The van der Waals surface area contributed by atoms with Crippen LogP contribution in [0.2, 0.25) is 0 Å². The minimum absolute atomic E-state index is 0.833. The number of methoxy groups -OCH3 is 2. The molecule has 0 fully saturated rings. The van der Waals surface area contributed by atoms with E-state index in [-0.39, 0.29) is 0 Å². The molecule has 0 atom stereocenters. The maximum Gasteiger partial charge on any atom is 0.161 e. The van der Waals surface area contributed by atoms with Crippen molar-refractivity contribution in [2.75, 3.05) is 14.2 Å². The molecule has 2 nitrogen and oxygen atoms in total. The van der Waals surface area contributed by atoms with E-state index >= 15 is 0 Å². The minimum atomic E-state index is 0.833. The average Bonchev–Trinajstić information content (AvgIpc) is 2.35. The summed E-state index contributed by atoms with van der Waals surface area (Å²) in [5.74, 6) is 1.67. The number of rotatable bonds is 6. The van der Waals surface area contributed by atoms with Crippen molar-refractivity contribution in [1.29, 1.82) is 0 Å². The Morgan fingerprint density at radius 2 is 1.50 bits per heavy atom. The summed E-state index contributed by atoms with van der Waals surface area (Å²) in [7, 11) is 3.37. The van der Waals surface area contributed by atoms with Crippen LogP contribution in [0.15, 0.2) is 12.1 Å². The molecule has 0 unspecified atom stereocenters. The van der Waals surface area contributed by atoms with Gasteiger partial charge >= 0.3 is 0 Å². The lowest BCUT2D eigenvalue weighted by Gasteiger charge is -2.13. The molecular formula is C14H22O2. The van der Waals surface area contributed by atoms with Crippen LogP contribution in [0.1, 0.15) is 37.8 Å². The molecule has 0 amide bonds. The summed E-state index contributed by atoms with van der Waals surface area (Å²) in [5, 5.41) is 0. The van der Waals surface area contributed by atoms with Gasteiger partial charge < -0.3 is 9.47 Å². The molecule has 16 heavy (non-hydrogen) atoms. The van der Waals surface area contributed by atoms with Crippen molar-refractivity contribution in [3.63, 3.8) is 0 Å². The van der Waals surface area contributed by atoms with Crippen LogP contribution in [0, 0.1) is 0 Å². The normalized spacial score (nSPS) is 10.2. The summed E-state index contributed by atoms with van der Waals surface area (Å²) in [6, 6.07) is 4.22. The zero-order valence-corrected chi connectivity index (χ0v) is 10.8. The first kappa shape index (κ1) is 12.9. The van der Waals surface area contributed by atoms with Crippen molar-refractivity contribution in [3.8, 4) is 11.5 Å². The summed E-state index contributed by atoms with van der Waals surface area (Å²) >= 11 is 0. The quantitative estimate of drug-likeness (QED) is 0.732. The van der Waals surface area contributed by atoms with Gasteiger partial charge in [-0.2, -0.15) is 0 Å². The van der Waals surface area contributed by atoms with Gasteiger partial charge in [-0.15, -0.1) is 0 Å². The van der Waals surface area contributed by atoms with Crippen LogP contribution in [-0.2, 0) is 12.8 Å². The molecule has 0 heterocycles. The molecule has 1 aromatic carbocycles. The second-order valence-electron chi connectivity index (χ2n) is 3.93. The number of hydrogen-bond acceptors (Lipinski definition) is 2. The lowest BCUT2D eigenvalue weighted by atomic mass is 9.99. The molecule has 0 saturated carbocycles. The Morgan fingerprint density at radius 3 is 1.94 bits per heavy atom. The van der Waals surface area contributed by atoms with Crippen molar-refractivity contribution in [2.24, 2.45) is 0 Å². The monoisotopic (exact) mass is 222 g/mol. The minimum Gasteiger partial charge on any atom is -0.493 e. The maximum absolute atomic E-state index is 5.33. The summed E-state index contributed by atoms with van der Waals surface area (Å²) in [5.41, 5.74) is 2.76. The van der Waals surface area contributed by atoms with Gasteiger partial charge in [0.2, 0.25) is 0 Å². The Morgan fingerprint density at radius 1 is 0.938 bits per heavy atom. The average molecular weight is 222 g/mol. The molecule has 0 aliphatic carbocycles. The molecule has 0 radical (unpaired) electrons. The highest BCUT2D eigenvalue weighted by Crippen LogP contribution is 2.31. The second-order valence-corrected chi connectivity index (χ2v) is 3.93. The topological polar surface area (TPSA) is 18.5 Å². The van der Waals surface area contributed by atoms with Crippen LogP contribution in [0.5, 0.6) is 11.5 Å². The fourth-order valence-corrected chi connectivity index (χ4v) is 1.89. The van der Waals surface area contributed by atoms with Crippen LogP contribution in [0.4, 0.5) is 0 Å². The SMILES string of the molecule is CCCCc1cc(OC)c(OC)cc1CC. The first-order chi connectivity index (χ1) is 7.76. The zero-order chi connectivity index (χ0) is 12.0. The number of unbranched alkanes of at least 4 members (excludes halogenated alkanes) is 1. The first-order valence-corrected chi connectivity index (χ1v) is 6.00. The summed E-state index contributed by atoms with van der Waals surface area (Å²) in [4.78, 5) is 0. The lowest BCUT2D eigenvalue weighted by molar-refractivity contribution is 0.354. The van der Waals surface area contributed by atoms with Gasteiger partial charge in [0.15, 0.2) is 11.5 Å². The van der Waals surface area contributed by atoms with Crippen LogP contribution in [-0.4, -0.2) is 14.2 Å². The standard InChI is InChI=1S/C14H22O2/c1-5-7-8-12-10-14(16-4)13(15-3)9-11(12)6-2/h9-10H,5-8H2,1-4H3. The fourth-order valence-electron chi connectivity index (χ4n) is 1.89. The van der Waals surface area contributed by atoms with Gasteiger partial charge in [-0.05, 0) is 42.5 Å². The summed E-state index contributed by atoms with van der Waals surface area (Å²) < 4.78 is 10.6. The van der Waals surface area contributed by atoms with Crippen LogP contribution in [0.3, 0.4) is 0 Å². The Balaban J connectivity index is 3.05. The van der Waals surface area contributed by atoms with Gasteiger partial charge in [0, 0.05) is 0 Å². The van der Waals surface area contributed by atoms with Crippen molar-refractivity contribution < 1.29 is 9.47 Å². The largest absolute Gasteiger partial charge is 0.493 e. The highest BCUT2D eigenvalue weighted by atomic mass is 16.5. The second kappa shape index (κ2) is 6.41. The van der Waals surface area contributed by atoms with Crippen LogP contribution in [0.25, 0.3) is 0 Å². The third kappa shape index (κ3) is 2.91. The number of aryl methyl sites for hydroxylation is 2. The summed E-state index contributed by atoms with van der Waals surface area (Å²) in [6.45, 7) is 4.39. The molecule has 2 heteroatoms. The lowest BCUT2D eigenvalue weighted by Crippen LogP contribution is -1.98. The molecule has 0 bridgehead atoms. The van der Waals surface area contributed by atoms with E-state index in [1.54, 1.807) is 14.2 Å². The van der Waals surface area contributed by atoms with Gasteiger partial charge in [0.1, 0.15) is 0 Å². The molecule has 0 aliphatic rings. The Kier molecular flexibility index (Phi) is 5.17. The number of hydrogen-bond donors (Lipinski definition) is 0. The van der Waals surface area contributed by atoms with Crippen molar-refractivity contribution in [2.45, 2.75) is 39.5 Å². The van der Waals surface area contributed by atoms with Crippen molar-refractivity contribution in [3.05, 3.63) is 23.3 Å². The van der Waals surface area contributed by atoms with E-state index < -0.39 is 0 Å². The molecule has 0 aromatic heterocycles. The third-order valence-corrected chi connectivity index (χ3v) is 2.89. The molecular weight excluding hydrogens is 200 g/mol. The molecule has 0 aliphatic heterocycles. The summed E-state index contributed by atoms with van der Waals surface area (Å²) in [6.07, 6.45) is 4.61. The molecule has 90 valence electrons. The molecule has 1 aromatic rings. The highest BCUT2D eigenvalue weighted by Gasteiger charge is 2.09. The van der Waals surface area contributed by atoms with E-state index in [0.29, 0.717) is 0 Å². The van der Waals surface area contributed by atoms with E-state index in [9.17, 15) is 0 Å². The number of benzene rings is 1. The van der Waals surface area contributed by atoms with E-state index in [1.807, 2.05) is 0 Å². The van der Waals surface area contributed by atoms with E-state index in [1.165, 1.54) is 24.0 Å². The third-order valence-electron chi connectivity index (χ3n) is 2.89. The van der Waals surface area contributed by atoms with Crippen molar-refractivity contribution >= 4 is 0 Å². The van der Waals surface area contributed by atoms with Gasteiger partial charge in [-0.3, -0.25) is 0 Å². The molecule has 0 spiro atoms. The predicted octanol–water partition coefficient (Wildman–Crippen LogP) is 3.61. The van der Waals surface area contributed by atoms with Crippen LogP contribution < -0.4 is 9.47 Å². The van der Waals surface area contributed by atoms with Gasteiger partial charge in [0.25, 0.3) is 0 Å². The van der Waals surface area contributed by atoms with Gasteiger partial charge in [0.05, 0.1) is 14.2 Å². The molecule has 0 N–H and O–H groups in total. The zero-order valence-electron chi connectivity index (χ0n) is 10.8. The predicted molar refractivity (Wildman–Crippen MR) is 67.5 cm³/mol. The van der Waals surface area contributed by atoms with Gasteiger partial charge in [-0.1, -0.05) is 20.3 Å². The van der Waals surface area contributed by atoms with E-state index in [2.05, 4.69) is 26.0 Å². The maximum atomic E-state index is 5.33. The smallest absolute Gasteiger partial charge is 0.161 e. The fraction of sp³-hybridized carbons (Fsp3) is 0.571. The Labute approximate surface area is 98.6 Å². The van der Waals surface area contributed by atoms with Crippen molar-refractivity contribution in [1.82, 2.24) is 0 Å². The molecule has 1 rings (SSSR count). The van der Waals surface area contributed by atoms with Gasteiger partial charge in [-0.25, -0.2) is 0 Å². The number of ether oxygens (including phenoxy) is 2. The Bertz CT molecular complexity index is 332. The van der Waals surface area contributed by atoms with E-state index in [0.717, 1.165) is 24.3 Å². The highest BCUT2D eigenvalue weighted by molar-refractivity contribution is 5.47. The van der Waals surface area contributed by atoms with E-state index in [4.69, 9.17) is 9.47 Å². The van der Waals surface area contributed by atoms with Crippen LogP contribution >= 0.6 is 0 Å². The molecule has 0 saturated heterocycles. The Hall–Kier alpha value is -1.18. The first-order valence-electron chi connectivity index (χ1n) is 6.00.